The SMILES string of the molecule is Cc1ccc(CNc2nc(NCC(N)c3ccccc3F)nc3c2cnn3I)cc1Cl. The highest BCUT2D eigenvalue weighted by atomic mass is 127. The molecule has 7 nitrogen and oxygen atoms in total. The number of nitrogens with two attached hydrogens (primary N) is 1. The van der Waals surface area contributed by atoms with Crippen LogP contribution in [0.1, 0.15) is 22.7 Å². The lowest BCUT2D eigenvalue weighted by atomic mass is 10.1. The van der Waals surface area contributed by atoms with Crippen LogP contribution in [0.15, 0.2) is 48.7 Å². The van der Waals surface area contributed by atoms with Gasteiger partial charge < -0.3 is 16.4 Å². The van der Waals surface area contributed by atoms with Gasteiger partial charge >= 0.3 is 0 Å². The van der Waals surface area contributed by atoms with Crippen molar-refractivity contribution in [3.8, 4) is 0 Å². The van der Waals surface area contributed by atoms with Gasteiger partial charge in [0.15, 0.2) is 5.65 Å². The molecule has 0 saturated heterocycles. The van der Waals surface area contributed by atoms with Gasteiger partial charge in [-0.1, -0.05) is 41.9 Å². The summed E-state index contributed by atoms with van der Waals surface area (Å²) >= 11 is 8.29. The molecule has 0 bridgehead atoms. The van der Waals surface area contributed by atoms with Crippen molar-refractivity contribution in [3.05, 3.63) is 76.2 Å². The Hall–Kier alpha value is -2.50. The van der Waals surface area contributed by atoms with Crippen molar-refractivity contribution in [1.82, 2.24) is 18.0 Å². The summed E-state index contributed by atoms with van der Waals surface area (Å²) in [7, 11) is 0. The molecule has 2 heterocycles. The van der Waals surface area contributed by atoms with E-state index in [4.69, 9.17) is 17.3 Å². The predicted octanol–water partition coefficient (Wildman–Crippen LogP) is 4.85. The molecule has 0 radical (unpaired) electrons. The molecule has 0 saturated carbocycles. The van der Waals surface area contributed by atoms with Crippen molar-refractivity contribution in [2.24, 2.45) is 5.73 Å². The molecular weight excluding hydrogens is 532 g/mol. The van der Waals surface area contributed by atoms with Gasteiger partial charge in [0.1, 0.15) is 11.6 Å². The molecule has 4 aromatic rings. The van der Waals surface area contributed by atoms with Crippen LogP contribution in [0, 0.1) is 12.7 Å². The summed E-state index contributed by atoms with van der Waals surface area (Å²) in [5, 5.41) is 12.2. The van der Waals surface area contributed by atoms with Crippen LogP contribution >= 0.6 is 34.5 Å². The van der Waals surface area contributed by atoms with Crippen molar-refractivity contribution in [3.63, 3.8) is 0 Å². The summed E-state index contributed by atoms with van der Waals surface area (Å²) in [6.45, 7) is 2.77. The van der Waals surface area contributed by atoms with Crippen LogP contribution in [-0.4, -0.2) is 24.5 Å². The maximum absolute atomic E-state index is 14.0. The van der Waals surface area contributed by atoms with E-state index >= 15 is 0 Å². The van der Waals surface area contributed by atoms with Gasteiger partial charge in [0.05, 0.1) is 40.5 Å². The fourth-order valence-electron chi connectivity index (χ4n) is 3.11. The molecule has 10 heteroatoms. The number of benzene rings is 2. The van der Waals surface area contributed by atoms with Crippen LogP contribution < -0.4 is 16.4 Å². The van der Waals surface area contributed by atoms with Crippen LogP contribution in [0.2, 0.25) is 5.02 Å². The zero-order valence-corrected chi connectivity index (χ0v) is 19.5. The second kappa shape index (κ2) is 9.33. The minimum atomic E-state index is -0.545. The summed E-state index contributed by atoms with van der Waals surface area (Å²) in [5.74, 6) is 0.673. The third-order valence-corrected chi connectivity index (χ3v) is 5.98. The average molecular weight is 552 g/mol. The van der Waals surface area contributed by atoms with E-state index in [0.717, 1.165) is 21.5 Å². The minimum absolute atomic E-state index is 0.273. The van der Waals surface area contributed by atoms with Crippen molar-refractivity contribution in [2.75, 3.05) is 17.2 Å². The average Bonchev–Trinajstić information content (AvgIpc) is 3.14. The summed E-state index contributed by atoms with van der Waals surface area (Å²) in [5.41, 5.74) is 9.30. The molecule has 0 spiro atoms. The fraction of sp³-hybridized carbons (Fsp3) is 0.190. The Morgan fingerprint density at radius 1 is 1.19 bits per heavy atom. The molecule has 1 unspecified atom stereocenters. The van der Waals surface area contributed by atoms with Gasteiger partial charge in [-0.15, -0.1) is 0 Å². The lowest BCUT2D eigenvalue weighted by Crippen LogP contribution is -2.22. The van der Waals surface area contributed by atoms with Gasteiger partial charge in [-0.3, -0.25) is 0 Å². The maximum Gasteiger partial charge on any atom is 0.226 e. The van der Waals surface area contributed by atoms with Crippen LogP contribution in [0.4, 0.5) is 16.2 Å². The van der Waals surface area contributed by atoms with Crippen LogP contribution in [-0.2, 0) is 6.54 Å². The maximum atomic E-state index is 14.0. The van der Waals surface area contributed by atoms with Gasteiger partial charge in [0, 0.05) is 23.7 Å². The van der Waals surface area contributed by atoms with E-state index in [0.29, 0.717) is 29.5 Å². The molecule has 1 atom stereocenters. The zero-order chi connectivity index (χ0) is 22.0. The number of hydrogen-bond acceptors (Lipinski definition) is 6. The number of rotatable bonds is 7. The predicted molar refractivity (Wildman–Crippen MR) is 130 cm³/mol. The second-order valence-corrected chi connectivity index (χ2v) is 8.40. The van der Waals surface area contributed by atoms with E-state index in [1.54, 1.807) is 27.3 Å². The summed E-state index contributed by atoms with van der Waals surface area (Å²) in [6.07, 6.45) is 1.71. The van der Waals surface area contributed by atoms with Crippen LogP contribution in [0.3, 0.4) is 0 Å². The lowest BCUT2D eigenvalue weighted by molar-refractivity contribution is 0.588. The Kier molecular flexibility index (Phi) is 6.54. The normalized spacial score (nSPS) is 12.2. The van der Waals surface area contributed by atoms with Crippen LogP contribution in [0.5, 0.6) is 0 Å². The third kappa shape index (κ3) is 4.89. The molecule has 2 aromatic heterocycles. The molecule has 0 aliphatic carbocycles. The topological polar surface area (TPSA) is 93.7 Å². The smallest absolute Gasteiger partial charge is 0.226 e. The first-order valence-corrected chi connectivity index (χ1v) is 10.9. The first kappa shape index (κ1) is 21.7. The van der Waals surface area contributed by atoms with Gasteiger partial charge in [0.2, 0.25) is 5.95 Å². The first-order valence-electron chi connectivity index (χ1n) is 9.57. The summed E-state index contributed by atoms with van der Waals surface area (Å²) in [4.78, 5) is 9.11. The van der Waals surface area contributed by atoms with Crippen molar-refractivity contribution >= 4 is 57.3 Å². The molecular formula is C21H20ClFIN7. The van der Waals surface area contributed by atoms with Crippen molar-refractivity contribution < 1.29 is 4.39 Å². The van der Waals surface area contributed by atoms with Crippen LogP contribution in [0.25, 0.3) is 11.0 Å². The highest BCUT2D eigenvalue weighted by Crippen LogP contribution is 2.25. The number of aromatic nitrogens is 4. The number of fused-ring (bicyclic) bond motifs is 1. The van der Waals surface area contributed by atoms with Gasteiger partial charge in [0.25, 0.3) is 0 Å². The standard InChI is InChI=1S/C21H20ClFIN7/c1-12-6-7-13(8-16(12)22)9-26-19-15-10-28-31(24)20(15)30-21(29-19)27-11-18(25)14-4-2-3-5-17(14)23/h2-8,10,18H,9,11,25H2,1H3,(H2,26,27,29,30). The summed E-state index contributed by atoms with van der Waals surface area (Å²) < 4.78 is 15.6. The molecule has 31 heavy (non-hydrogen) atoms. The van der Waals surface area contributed by atoms with E-state index < -0.39 is 6.04 Å². The van der Waals surface area contributed by atoms with E-state index in [2.05, 4.69) is 48.6 Å². The first-order chi connectivity index (χ1) is 14.9. The van der Waals surface area contributed by atoms with E-state index in [1.165, 1.54) is 6.07 Å². The van der Waals surface area contributed by atoms with E-state index in [1.807, 2.05) is 25.1 Å². The summed E-state index contributed by atoms with van der Waals surface area (Å²) in [6, 6.07) is 11.8. The molecule has 4 N–H and O–H groups in total. The Bertz CT molecular complexity index is 1230. The number of aryl methyl sites for hydroxylation is 1. The monoisotopic (exact) mass is 551 g/mol. The molecule has 0 fully saturated rings. The minimum Gasteiger partial charge on any atom is -0.365 e. The molecule has 4 rings (SSSR count). The molecule has 0 amide bonds. The Morgan fingerprint density at radius 2 is 2.00 bits per heavy atom. The number of nitrogens with zero attached hydrogens (tertiary/aromatic N) is 4. The quantitative estimate of drug-likeness (QED) is 0.284. The second-order valence-electron chi connectivity index (χ2n) is 7.08. The number of hydrogen-bond donors (Lipinski definition) is 3. The van der Waals surface area contributed by atoms with E-state index in [-0.39, 0.29) is 12.4 Å². The fourth-order valence-corrected chi connectivity index (χ4v) is 3.81. The highest BCUT2D eigenvalue weighted by molar-refractivity contribution is 14.1. The number of anilines is 2. The van der Waals surface area contributed by atoms with Crippen molar-refractivity contribution in [1.29, 1.82) is 0 Å². The number of halogens is 3. The highest BCUT2D eigenvalue weighted by Gasteiger charge is 2.15. The lowest BCUT2D eigenvalue weighted by Gasteiger charge is -2.15. The third-order valence-electron chi connectivity index (χ3n) is 4.87. The Morgan fingerprint density at radius 3 is 2.77 bits per heavy atom. The largest absolute Gasteiger partial charge is 0.365 e. The van der Waals surface area contributed by atoms with Gasteiger partial charge in [-0.25, -0.2) is 4.39 Å². The molecule has 2 aromatic carbocycles. The Labute approximate surface area is 197 Å². The molecule has 0 aliphatic heterocycles. The van der Waals surface area contributed by atoms with E-state index in [9.17, 15) is 4.39 Å². The number of nitrogens with one attached hydrogen (secondary N) is 2. The van der Waals surface area contributed by atoms with Gasteiger partial charge in [-0.2, -0.15) is 18.0 Å². The van der Waals surface area contributed by atoms with Crippen molar-refractivity contribution in [2.45, 2.75) is 19.5 Å². The Balaban J connectivity index is 1.55. The molecule has 0 aliphatic rings. The molecule has 160 valence electrons. The zero-order valence-electron chi connectivity index (χ0n) is 16.6. The van der Waals surface area contributed by atoms with Gasteiger partial charge in [-0.05, 0) is 30.2 Å².